The van der Waals surface area contributed by atoms with E-state index in [1.165, 1.54) is 23.5 Å². The smallest absolute Gasteiger partial charge is 0.389 e. The molecule has 13 heteroatoms. The lowest BCUT2D eigenvalue weighted by atomic mass is 9.97. The Labute approximate surface area is 238 Å². The third-order valence-corrected chi connectivity index (χ3v) is 8.39. The normalized spacial score (nSPS) is 18.4. The van der Waals surface area contributed by atoms with Crippen molar-refractivity contribution in [2.45, 2.75) is 25.6 Å². The molecule has 0 aliphatic carbocycles. The summed E-state index contributed by atoms with van der Waals surface area (Å²) in [5.41, 5.74) is 5.19. The molecule has 1 saturated heterocycles. The summed E-state index contributed by atoms with van der Waals surface area (Å²) in [5, 5.41) is 3.93. The molecule has 7 nitrogen and oxygen atoms in total. The molecule has 41 heavy (non-hydrogen) atoms. The number of nitrogen functional groups attached to an aromatic ring is 1. The Morgan fingerprint density at radius 2 is 1.90 bits per heavy atom. The average Bonchev–Trinajstić information content (AvgIpc) is 3.36. The number of likely N-dealkylation sites (N-methyl/N-ethyl adjacent to an activating group) is 1. The van der Waals surface area contributed by atoms with Crippen molar-refractivity contribution in [1.82, 2.24) is 9.88 Å². The van der Waals surface area contributed by atoms with Crippen molar-refractivity contribution < 1.29 is 26.7 Å². The SMILES string of the molecule is C[C@H]1CN(c2cc(F)c(C3=CCN(c4ncc(N)s4)CC3)cc2NC(=O)c2ccc(F)cc2C(F)(F)F)CCN1C. The first-order chi connectivity index (χ1) is 19.4. The molecule has 1 aromatic heterocycles. The van der Waals surface area contributed by atoms with Crippen LogP contribution in [0.3, 0.4) is 0 Å². The number of benzene rings is 2. The summed E-state index contributed by atoms with van der Waals surface area (Å²) >= 11 is 1.35. The van der Waals surface area contributed by atoms with Crippen LogP contribution in [-0.2, 0) is 6.18 Å². The molecule has 0 spiro atoms. The second-order valence-electron chi connectivity index (χ2n) is 10.2. The van der Waals surface area contributed by atoms with Crippen LogP contribution < -0.4 is 20.9 Å². The molecule has 0 unspecified atom stereocenters. The van der Waals surface area contributed by atoms with Crippen LogP contribution in [0.1, 0.15) is 34.8 Å². The monoisotopic (exact) mass is 592 g/mol. The first-order valence-electron chi connectivity index (χ1n) is 13.0. The lowest BCUT2D eigenvalue weighted by molar-refractivity contribution is -0.138. The van der Waals surface area contributed by atoms with Crippen molar-refractivity contribution in [3.63, 3.8) is 0 Å². The minimum atomic E-state index is -4.95. The van der Waals surface area contributed by atoms with E-state index in [-0.39, 0.29) is 17.3 Å². The lowest BCUT2D eigenvalue weighted by Crippen LogP contribution is -2.50. The van der Waals surface area contributed by atoms with Crippen LogP contribution in [0.5, 0.6) is 0 Å². The highest BCUT2D eigenvalue weighted by atomic mass is 32.1. The third-order valence-electron chi connectivity index (χ3n) is 7.50. The van der Waals surface area contributed by atoms with Crippen LogP contribution >= 0.6 is 11.3 Å². The van der Waals surface area contributed by atoms with E-state index < -0.39 is 34.8 Å². The standard InChI is InChI=1S/C28H29F5N6OS/c1-16-15-39(10-9-37(16)2)24-13-22(30)20(17-5-7-38(8-6-17)27-35-14-25(34)41-27)12-23(24)36-26(40)19-4-3-18(29)11-21(19)28(31,32)33/h3-5,11-14,16H,6-10,15,34H2,1-2H3,(H,36,40)/t16-/m0/s1. The van der Waals surface area contributed by atoms with Gasteiger partial charge in [0.25, 0.3) is 5.91 Å². The van der Waals surface area contributed by atoms with Gasteiger partial charge in [0.05, 0.1) is 28.7 Å². The summed E-state index contributed by atoms with van der Waals surface area (Å²) < 4.78 is 70.3. The summed E-state index contributed by atoms with van der Waals surface area (Å²) in [7, 11) is 1.97. The van der Waals surface area contributed by atoms with Gasteiger partial charge in [0, 0.05) is 44.3 Å². The molecule has 2 aliphatic heterocycles. The second-order valence-corrected chi connectivity index (χ2v) is 11.3. The van der Waals surface area contributed by atoms with Gasteiger partial charge in [0.2, 0.25) is 0 Å². The Kier molecular flexibility index (Phi) is 7.93. The van der Waals surface area contributed by atoms with Gasteiger partial charge in [-0.25, -0.2) is 13.8 Å². The molecule has 3 heterocycles. The van der Waals surface area contributed by atoms with E-state index >= 15 is 4.39 Å². The van der Waals surface area contributed by atoms with Crippen LogP contribution in [0.25, 0.3) is 5.57 Å². The molecule has 0 radical (unpaired) electrons. The number of piperazine rings is 1. The summed E-state index contributed by atoms with van der Waals surface area (Å²) in [6, 6.07) is 4.83. The fourth-order valence-corrected chi connectivity index (χ4v) is 5.80. The lowest BCUT2D eigenvalue weighted by Gasteiger charge is -2.40. The van der Waals surface area contributed by atoms with E-state index in [0.717, 1.165) is 17.3 Å². The number of carbonyl (C=O) groups excluding carboxylic acids is 1. The van der Waals surface area contributed by atoms with Gasteiger partial charge in [-0.15, -0.1) is 0 Å². The van der Waals surface area contributed by atoms with Gasteiger partial charge >= 0.3 is 6.18 Å². The van der Waals surface area contributed by atoms with Gasteiger partial charge in [-0.05, 0) is 56.3 Å². The van der Waals surface area contributed by atoms with E-state index in [0.29, 0.717) is 61.5 Å². The number of nitrogens with zero attached hydrogens (tertiary/aromatic N) is 4. The number of nitrogens with two attached hydrogens (primary N) is 1. The van der Waals surface area contributed by atoms with Crippen molar-refractivity contribution in [2.75, 3.05) is 60.6 Å². The summed E-state index contributed by atoms with van der Waals surface area (Å²) in [4.78, 5) is 23.6. The highest BCUT2D eigenvalue weighted by Crippen LogP contribution is 2.38. The highest BCUT2D eigenvalue weighted by Gasteiger charge is 2.36. The number of halogens is 5. The number of thiazole rings is 1. The number of rotatable bonds is 5. The van der Waals surface area contributed by atoms with Crippen LogP contribution in [0.4, 0.5) is 43.5 Å². The zero-order valence-corrected chi connectivity index (χ0v) is 23.3. The molecule has 2 aliphatic rings. The summed E-state index contributed by atoms with van der Waals surface area (Å²) in [6.07, 6.45) is -1.02. The van der Waals surface area contributed by atoms with Gasteiger partial charge in [-0.1, -0.05) is 17.4 Å². The first kappa shape index (κ1) is 28.8. The van der Waals surface area contributed by atoms with E-state index in [9.17, 15) is 22.4 Å². The number of amides is 1. The molecular weight excluding hydrogens is 563 g/mol. The fourth-order valence-electron chi connectivity index (χ4n) is 5.09. The highest BCUT2D eigenvalue weighted by molar-refractivity contribution is 7.19. The molecular formula is C28H29F5N6OS. The van der Waals surface area contributed by atoms with E-state index in [1.807, 2.05) is 29.8 Å². The number of carbonyl (C=O) groups is 1. The number of hydrogen-bond donors (Lipinski definition) is 2. The molecule has 218 valence electrons. The molecule has 2 aromatic carbocycles. The van der Waals surface area contributed by atoms with Crippen molar-refractivity contribution >= 4 is 44.3 Å². The molecule has 3 N–H and O–H groups in total. The van der Waals surface area contributed by atoms with Crippen molar-refractivity contribution in [2.24, 2.45) is 0 Å². The number of nitrogens with one attached hydrogen (secondary N) is 1. The van der Waals surface area contributed by atoms with Crippen LogP contribution in [-0.4, -0.2) is 61.6 Å². The molecule has 0 bridgehead atoms. The molecule has 0 saturated carbocycles. The minimum Gasteiger partial charge on any atom is -0.389 e. The quantitative estimate of drug-likeness (QED) is 0.370. The molecule has 1 amide bonds. The van der Waals surface area contributed by atoms with Gasteiger partial charge in [0.1, 0.15) is 16.6 Å². The fraction of sp³-hybridized carbons (Fsp3) is 0.357. The second kappa shape index (κ2) is 11.3. The summed E-state index contributed by atoms with van der Waals surface area (Å²) in [5.74, 6) is -2.67. The number of aromatic nitrogens is 1. The predicted molar refractivity (Wildman–Crippen MR) is 151 cm³/mol. The zero-order valence-electron chi connectivity index (χ0n) is 22.4. The van der Waals surface area contributed by atoms with Crippen LogP contribution in [0, 0.1) is 11.6 Å². The Morgan fingerprint density at radius 1 is 1.12 bits per heavy atom. The maximum Gasteiger partial charge on any atom is 0.417 e. The van der Waals surface area contributed by atoms with Gasteiger partial charge in [-0.2, -0.15) is 13.2 Å². The molecule has 3 aromatic rings. The Bertz CT molecular complexity index is 1490. The Morgan fingerprint density at radius 3 is 2.54 bits per heavy atom. The largest absolute Gasteiger partial charge is 0.417 e. The number of alkyl halides is 3. The minimum absolute atomic E-state index is 0.121. The number of anilines is 4. The predicted octanol–water partition coefficient (Wildman–Crippen LogP) is 5.71. The zero-order chi connectivity index (χ0) is 29.5. The molecule has 5 rings (SSSR count). The number of hydrogen-bond acceptors (Lipinski definition) is 7. The van der Waals surface area contributed by atoms with Crippen molar-refractivity contribution in [1.29, 1.82) is 0 Å². The van der Waals surface area contributed by atoms with Gasteiger partial charge in [0.15, 0.2) is 5.13 Å². The maximum absolute atomic E-state index is 15.7. The van der Waals surface area contributed by atoms with Crippen LogP contribution in [0.15, 0.2) is 42.6 Å². The average molecular weight is 593 g/mol. The first-order valence-corrected chi connectivity index (χ1v) is 13.8. The van der Waals surface area contributed by atoms with E-state index in [4.69, 9.17) is 5.73 Å². The van der Waals surface area contributed by atoms with Crippen LogP contribution in [0.2, 0.25) is 0 Å². The summed E-state index contributed by atoms with van der Waals surface area (Å²) in [6.45, 7) is 4.76. The van der Waals surface area contributed by atoms with E-state index in [2.05, 4.69) is 15.2 Å². The third kappa shape index (κ3) is 6.15. The van der Waals surface area contributed by atoms with Crippen molar-refractivity contribution in [3.05, 3.63) is 70.9 Å². The Hall–Kier alpha value is -3.71. The molecule has 1 fully saturated rings. The van der Waals surface area contributed by atoms with Crippen molar-refractivity contribution in [3.8, 4) is 0 Å². The molecule has 1 atom stereocenters. The topological polar surface area (TPSA) is 77.7 Å². The maximum atomic E-state index is 15.7. The Balaban J connectivity index is 1.51. The van der Waals surface area contributed by atoms with Gasteiger partial charge in [-0.3, -0.25) is 4.79 Å². The van der Waals surface area contributed by atoms with Gasteiger partial charge < -0.3 is 25.8 Å². The van der Waals surface area contributed by atoms with E-state index in [1.54, 1.807) is 6.20 Å².